The number of sulfonamides is 1. The number of aryl methyl sites for hydroxylation is 2. The van der Waals surface area contributed by atoms with Crippen LogP contribution in [0.2, 0.25) is 0 Å². The Morgan fingerprint density at radius 3 is 2.55 bits per heavy atom. The number of hydrogen-bond acceptors (Lipinski definition) is 3. The zero-order valence-corrected chi connectivity index (χ0v) is 17.9. The molecule has 2 aromatic rings. The summed E-state index contributed by atoms with van der Waals surface area (Å²) >= 11 is 0. The number of amides is 1. The summed E-state index contributed by atoms with van der Waals surface area (Å²) < 4.78 is 28.8. The maximum atomic E-state index is 13.0. The van der Waals surface area contributed by atoms with Crippen LogP contribution in [-0.4, -0.2) is 20.9 Å². The molecule has 0 fully saturated rings. The van der Waals surface area contributed by atoms with Crippen molar-refractivity contribution in [2.75, 3.05) is 11.4 Å². The van der Waals surface area contributed by atoms with E-state index in [1.54, 1.807) is 23.1 Å². The van der Waals surface area contributed by atoms with E-state index in [-0.39, 0.29) is 16.8 Å². The van der Waals surface area contributed by atoms with Crippen molar-refractivity contribution in [3.63, 3.8) is 0 Å². The molecule has 29 heavy (non-hydrogen) atoms. The fourth-order valence-electron chi connectivity index (χ4n) is 4.39. The molecule has 0 unspecified atom stereocenters. The summed E-state index contributed by atoms with van der Waals surface area (Å²) in [5, 5.41) is 0. The van der Waals surface area contributed by atoms with Crippen LogP contribution in [0.3, 0.4) is 0 Å². The second kappa shape index (κ2) is 7.92. The van der Waals surface area contributed by atoms with Crippen LogP contribution >= 0.6 is 0 Å². The molecule has 154 valence electrons. The van der Waals surface area contributed by atoms with Crippen LogP contribution in [0, 0.1) is 0 Å². The number of carbonyl (C=O) groups excluding carboxylic acids is 1. The lowest BCUT2D eigenvalue weighted by molar-refractivity contribution is -0.118. The van der Waals surface area contributed by atoms with Crippen molar-refractivity contribution >= 4 is 21.6 Å². The highest BCUT2D eigenvalue weighted by molar-refractivity contribution is 7.89. The summed E-state index contributed by atoms with van der Waals surface area (Å²) in [6.07, 6.45) is 5.74. The fraction of sp³-hybridized carbons (Fsp3) is 0.435. The minimum absolute atomic E-state index is 0.0681. The lowest BCUT2D eigenvalue weighted by Crippen LogP contribution is -2.28. The van der Waals surface area contributed by atoms with Gasteiger partial charge in [-0.05, 0) is 79.5 Å². The Morgan fingerprint density at radius 1 is 1.03 bits per heavy atom. The van der Waals surface area contributed by atoms with Gasteiger partial charge in [-0.1, -0.05) is 25.1 Å². The molecule has 0 aromatic heterocycles. The Labute approximate surface area is 173 Å². The molecule has 5 nitrogen and oxygen atoms in total. The van der Waals surface area contributed by atoms with E-state index in [0.29, 0.717) is 19.4 Å². The monoisotopic (exact) mass is 412 g/mol. The van der Waals surface area contributed by atoms with Gasteiger partial charge in [0.15, 0.2) is 0 Å². The van der Waals surface area contributed by atoms with Crippen molar-refractivity contribution in [1.82, 2.24) is 4.72 Å². The molecule has 0 saturated carbocycles. The van der Waals surface area contributed by atoms with Gasteiger partial charge in [-0.3, -0.25) is 4.79 Å². The molecule has 4 rings (SSSR count). The summed E-state index contributed by atoms with van der Waals surface area (Å²) in [4.78, 5) is 14.1. The number of anilines is 1. The van der Waals surface area contributed by atoms with Crippen LogP contribution < -0.4 is 9.62 Å². The summed E-state index contributed by atoms with van der Waals surface area (Å²) in [6.45, 7) is 4.34. The van der Waals surface area contributed by atoms with Crippen LogP contribution in [0.15, 0.2) is 41.3 Å². The first-order valence-electron chi connectivity index (χ1n) is 10.5. The number of nitrogens with one attached hydrogen (secondary N) is 1. The lowest BCUT2D eigenvalue weighted by Gasteiger charge is -2.20. The minimum atomic E-state index is -3.65. The second-order valence-electron chi connectivity index (χ2n) is 8.02. The number of rotatable bonds is 5. The second-order valence-corrected chi connectivity index (χ2v) is 9.73. The molecule has 0 saturated heterocycles. The molecule has 6 heteroatoms. The van der Waals surface area contributed by atoms with E-state index >= 15 is 0 Å². The maximum absolute atomic E-state index is 13.0. The first kappa shape index (κ1) is 20.1. The summed E-state index contributed by atoms with van der Waals surface area (Å²) in [6, 6.07) is 11.1. The molecule has 1 heterocycles. The Hall–Kier alpha value is -2.18. The largest absolute Gasteiger partial charge is 0.312 e. The first-order chi connectivity index (χ1) is 13.9. The number of benzene rings is 2. The minimum Gasteiger partial charge on any atom is -0.312 e. The van der Waals surface area contributed by atoms with Crippen molar-refractivity contribution in [3.05, 3.63) is 58.7 Å². The Bertz CT molecular complexity index is 1050. The van der Waals surface area contributed by atoms with E-state index in [1.165, 1.54) is 24.0 Å². The van der Waals surface area contributed by atoms with Crippen molar-refractivity contribution < 1.29 is 13.2 Å². The van der Waals surface area contributed by atoms with Crippen molar-refractivity contribution in [3.8, 4) is 0 Å². The number of hydrogen-bond donors (Lipinski definition) is 1. The van der Waals surface area contributed by atoms with Gasteiger partial charge in [0.2, 0.25) is 15.9 Å². The standard InChI is InChI=1S/C23H28N2O3S/c1-3-23(26)25-13-12-20-15-21(10-11-22(20)25)29(27,28)24-16(2)18-9-8-17-6-4-5-7-19(17)14-18/h8-11,14-16,24H,3-7,12-13H2,1-2H3/t16-/m0/s1. The van der Waals surface area contributed by atoms with E-state index in [9.17, 15) is 13.2 Å². The van der Waals surface area contributed by atoms with Gasteiger partial charge in [0.05, 0.1) is 4.90 Å². The fourth-order valence-corrected chi connectivity index (χ4v) is 5.67. The third-order valence-electron chi connectivity index (χ3n) is 6.06. The van der Waals surface area contributed by atoms with E-state index in [0.717, 1.165) is 29.7 Å². The molecule has 0 bridgehead atoms. The average molecular weight is 413 g/mol. The molecule has 1 N–H and O–H groups in total. The van der Waals surface area contributed by atoms with Gasteiger partial charge >= 0.3 is 0 Å². The van der Waals surface area contributed by atoms with Gasteiger partial charge in [-0.2, -0.15) is 0 Å². The van der Waals surface area contributed by atoms with Gasteiger partial charge in [0, 0.05) is 24.7 Å². The highest BCUT2D eigenvalue weighted by atomic mass is 32.2. The van der Waals surface area contributed by atoms with E-state index in [1.807, 2.05) is 19.9 Å². The van der Waals surface area contributed by atoms with Gasteiger partial charge < -0.3 is 4.90 Å². The molecule has 0 spiro atoms. The average Bonchev–Trinajstić information content (AvgIpc) is 3.16. The van der Waals surface area contributed by atoms with E-state index in [4.69, 9.17) is 0 Å². The van der Waals surface area contributed by atoms with Crippen LogP contribution in [0.25, 0.3) is 0 Å². The van der Waals surface area contributed by atoms with Crippen LogP contribution in [-0.2, 0) is 34.1 Å². The zero-order chi connectivity index (χ0) is 20.6. The SMILES string of the molecule is CCC(=O)N1CCc2cc(S(=O)(=O)N[C@@H](C)c3ccc4c(c3)CCCC4)ccc21. The normalized spacial score (nSPS) is 17.0. The molecule has 1 aliphatic heterocycles. The lowest BCUT2D eigenvalue weighted by atomic mass is 9.89. The van der Waals surface area contributed by atoms with Gasteiger partial charge in [-0.15, -0.1) is 0 Å². The topological polar surface area (TPSA) is 66.5 Å². The van der Waals surface area contributed by atoms with Gasteiger partial charge in [-0.25, -0.2) is 13.1 Å². The smallest absolute Gasteiger partial charge is 0.241 e. The molecular formula is C23H28N2O3S. The van der Waals surface area contributed by atoms with E-state index < -0.39 is 10.0 Å². The predicted molar refractivity (Wildman–Crippen MR) is 115 cm³/mol. The zero-order valence-electron chi connectivity index (χ0n) is 17.1. The molecule has 0 radical (unpaired) electrons. The van der Waals surface area contributed by atoms with Gasteiger partial charge in [0.1, 0.15) is 0 Å². The molecule has 2 aromatic carbocycles. The molecule has 1 aliphatic carbocycles. The van der Waals surface area contributed by atoms with Crippen molar-refractivity contribution in [2.24, 2.45) is 0 Å². The highest BCUT2D eigenvalue weighted by Crippen LogP contribution is 2.31. The number of carbonyl (C=O) groups is 1. The van der Waals surface area contributed by atoms with Gasteiger partial charge in [0.25, 0.3) is 0 Å². The van der Waals surface area contributed by atoms with Crippen LogP contribution in [0.1, 0.15) is 61.4 Å². The van der Waals surface area contributed by atoms with E-state index in [2.05, 4.69) is 16.9 Å². The Morgan fingerprint density at radius 2 is 1.79 bits per heavy atom. The Kier molecular flexibility index (Phi) is 5.49. The molecule has 1 atom stereocenters. The first-order valence-corrected chi connectivity index (χ1v) is 11.9. The highest BCUT2D eigenvalue weighted by Gasteiger charge is 2.26. The van der Waals surface area contributed by atoms with Crippen molar-refractivity contribution in [2.45, 2.75) is 63.3 Å². The summed E-state index contributed by atoms with van der Waals surface area (Å²) in [5.74, 6) is 0.0681. The van der Waals surface area contributed by atoms with Crippen LogP contribution in [0.4, 0.5) is 5.69 Å². The number of fused-ring (bicyclic) bond motifs is 2. The quantitative estimate of drug-likeness (QED) is 0.810. The summed E-state index contributed by atoms with van der Waals surface area (Å²) in [7, 11) is -3.65. The summed E-state index contributed by atoms with van der Waals surface area (Å²) in [5.41, 5.74) is 5.47. The number of nitrogens with zero attached hydrogens (tertiary/aromatic N) is 1. The third kappa shape index (κ3) is 3.96. The van der Waals surface area contributed by atoms with Crippen LogP contribution in [0.5, 0.6) is 0 Å². The molecule has 2 aliphatic rings. The maximum Gasteiger partial charge on any atom is 0.241 e. The third-order valence-corrected chi connectivity index (χ3v) is 7.60. The van der Waals surface area contributed by atoms with Crippen molar-refractivity contribution in [1.29, 1.82) is 0 Å². The molecular weight excluding hydrogens is 384 g/mol. The Balaban J connectivity index is 1.54. The predicted octanol–water partition coefficient (Wildman–Crippen LogP) is 3.90. The molecule has 1 amide bonds.